The minimum Gasteiger partial charge on any atom is -0.399 e. The van der Waals surface area contributed by atoms with E-state index < -0.39 is 0 Å². The smallest absolute Gasteiger partial charge is 0.223 e. The number of carbonyl (C=O) groups is 1. The van der Waals surface area contributed by atoms with Gasteiger partial charge in [0.1, 0.15) is 0 Å². The second kappa shape index (κ2) is 8.19. The Bertz CT molecular complexity index is 725. The van der Waals surface area contributed by atoms with Crippen molar-refractivity contribution in [1.82, 2.24) is 4.90 Å². The highest BCUT2D eigenvalue weighted by atomic mass is 16.2. The zero-order valence-electron chi connectivity index (χ0n) is 15.1. The maximum Gasteiger partial charge on any atom is 0.223 e. The van der Waals surface area contributed by atoms with Gasteiger partial charge in [0.15, 0.2) is 0 Å². The third-order valence-electron chi connectivity index (χ3n) is 5.16. The van der Waals surface area contributed by atoms with Crippen LogP contribution in [0, 0.1) is 6.92 Å². The summed E-state index contributed by atoms with van der Waals surface area (Å²) in [5.74, 6) is 0.247. The van der Waals surface area contributed by atoms with Crippen molar-refractivity contribution < 1.29 is 4.79 Å². The molecule has 2 aromatic rings. The van der Waals surface area contributed by atoms with Gasteiger partial charge in [-0.2, -0.15) is 0 Å². The first-order chi connectivity index (χ1) is 12.1. The standard InChI is InChI=1S/C22H28N2O/c1-17-8-7-10-19(16-17)21-12-3-2-6-15-24(21)22(25)14-13-18-9-4-5-11-20(18)23/h4-5,7-11,16,21H,2-3,6,12-15,23H2,1H3. The van der Waals surface area contributed by atoms with Gasteiger partial charge < -0.3 is 10.6 Å². The van der Waals surface area contributed by atoms with Crippen LogP contribution in [0.3, 0.4) is 0 Å². The fraction of sp³-hybridized carbons (Fsp3) is 0.409. The van der Waals surface area contributed by atoms with Crippen molar-refractivity contribution in [2.45, 2.75) is 51.5 Å². The number of amides is 1. The van der Waals surface area contributed by atoms with Gasteiger partial charge in [-0.3, -0.25) is 4.79 Å². The van der Waals surface area contributed by atoms with Gasteiger partial charge in [0.05, 0.1) is 6.04 Å². The summed E-state index contributed by atoms with van der Waals surface area (Å²) in [6.07, 6.45) is 5.79. The van der Waals surface area contributed by atoms with E-state index >= 15 is 0 Å². The van der Waals surface area contributed by atoms with Crippen LogP contribution >= 0.6 is 0 Å². The van der Waals surface area contributed by atoms with Crippen molar-refractivity contribution in [3.05, 3.63) is 65.2 Å². The van der Waals surface area contributed by atoms with Crippen LogP contribution in [0.4, 0.5) is 5.69 Å². The van der Waals surface area contributed by atoms with Crippen LogP contribution < -0.4 is 5.73 Å². The molecule has 1 amide bonds. The summed E-state index contributed by atoms with van der Waals surface area (Å²) in [5.41, 5.74) is 10.4. The lowest BCUT2D eigenvalue weighted by molar-refractivity contribution is -0.133. The minimum absolute atomic E-state index is 0.211. The molecule has 1 aliphatic rings. The Balaban J connectivity index is 1.74. The number of nitrogens with zero attached hydrogens (tertiary/aromatic N) is 1. The van der Waals surface area contributed by atoms with E-state index in [-0.39, 0.29) is 11.9 Å². The number of carbonyl (C=O) groups excluding carboxylic acids is 1. The number of benzene rings is 2. The highest BCUT2D eigenvalue weighted by Gasteiger charge is 2.26. The zero-order chi connectivity index (χ0) is 17.6. The third kappa shape index (κ3) is 4.41. The first-order valence-corrected chi connectivity index (χ1v) is 9.34. The third-order valence-corrected chi connectivity index (χ3v) is 5.16. The number of rotatable bonds is 4. The van der Waals surface area contributed by atoms with Crippen LogP contribution in [0.15, 0.2) is 48.5 Å². The zero-order valence-corrected chi connectivity index (χ0v) is 15.1. The monoisotopic (exact) mass is 336 g/mol. The molecule has 1 heterocycles. The summed E-state index contributed by atoms with van der Waals surface area (Å²) in [4.78, 5) is 15.1. The maximum atomic E-state index is 13.0. The molecule has 3 nitrogen and oxygen atoms in total. The van der Waals surface area contributed by atoms with E-state index in [2.05, 4.69) is 36.1 Å². The van der Waals surface area contributed by atoms with Crippen molar-refractivity contribution >= 4 is 11.6 Å². The average Bonchev–Trinajstić information content (AvgIpc) is 2.87. The Hall–Kier alpha value is -2.29. The molecule has 25 heavy (non-hydrogen) atoms. The second-order valence-electron chi connectivity index (χ2n) is 7.07. The number of likely N-dealkylation sites (tertiary alicyclic amines) is 1. The van der Waals surface area contributed by atoms with Gasteiger partial charge >= 0.3 is 0 Å². The fourth-order valence-corrected chi connectivity index (χ4v) is 3.78. The molecule has 3 rings (SSSR count). The molecule has 1 atom stereocenters. The lowest BCUT2D eigenvalue weighted by Gasteiger charge is -2.31. The van der Waals surface area contributed by atoms with Crippen LogP contribution in [-0.2, 0) is 11.2 Å². The van der Waals surface area contributed by atoms with Crippen molar-refractivity contribution in [1.29, 1.82) is 0 Å². The van der Waals surface area contributed by atoms with E-state index in [0.717, 1.165) is 30.6 Å². The van der Waals surface area contributed by atoms with Crippen molar-refractivity contribution in [3.63, 3.8) is 0 Å². The molecule has 1 saturated heterocycles. The molecule has 1 fully saturated rings. The number of hydrogen-bond acceptors (Lipinski definition) is 2. The normalized spacial score (nSPS) is 18.0. The lowest BCUT2D eigenvalue weighted by Crippen LogP contribution is -2.35. The number of nitrogens with two attached hydrogens (primary N) is 1. The quantitative estimate of drug-likeness (QED) is 0.826. The summed E-state index contributed by atoms with van der Waals surface area (Å²) >= 11 is 0. The molecule has 1 aliphatic heterocycles. The largest absolute Gasteiger partial charge is 0.399 e. The van der Waals surface area contributed by atoms with Gasteiger partial charge in [-0.15, -0.1) is 0 Å². The Morgan fingerprint density at radius 3 is 2.76 bits per heavy atom. The minimum atomic E-state index is 0.211. The summed E-state index contributed by atoms with van der Waals surface area (Å²) in [7, 11) is 0. The number of para-hydroxylation sites is 1. The van der Waals surface area contributed by atoms with E-state index in [0.29, 0.717) is 12.8 Å². The lowest BCUT2D eigenvalue weighted by atomic mass is 9.98. The Morgan fingerprint density at radius 1 is 1.12 bits per heavy atom. The van der Waals surface area contributed by atoms with Crippen molar-refractivity contribution in [2.75, 3.05) is 12.3 Å². The van der Waals surface area contributed by atoms with Crippen LogP contribution in [0.5, 0.6) is 0 Å². The average molecular weight is 336 g/mol. The molecule has 2 aromatic carbocycles. The van der Waals surface area contributed by atoms with Gasteiger partial charge in [-0.05, 0) is 43.4 Å². The van der Waals surface area contributed by atoms with E-state index in [9.17, 15) is 4.79 Å². The Labute approximate surface area is 150 Å². The molecule has 0 aromatic heterocycles. The van der Waals surface area contributed by atoms with Crippen LogP contribution in [0.1, 0.15) is 54.8 Å². The van der Waals surface area contributed by atoms with Crippen molar-refractivity contribution in [2.24, 2.45) is 0 Å². The van der Waals surface area contributed by atoms with Crippen LogP contribution in [0.25, 0.3) is 0 Å². The highest BCUT2D eigenvalue weighted by Crippen LogP contribution is 2.31. The molecular weight excluding hydrogens is 308 g/mol. The fourth-order valence-electron chi connectivity index (χ4n) is 3.78. The molecule has 1 unspecified atom stereocenters. The molecule has 0 spiro atoms. The first-order valence-electron chi connectivity index (χ1n) is 9.34. The SMILES string of the molecule is Cc1cccc(C2CCCCCN2C(=O)CCc2ccccc2N)c1. The number of aryl methyl sites for hydroxylation is 2. The van der Waals surface area contributed by atoms with Gasteiger partial charge in [0, 0.05) is 18.7 Å². The summed E-state index contributed by atoms with van der Waals surface area (Å²) in [6, 6.07) is 16.7. The van der Waals surface area contributed by atoms with Gasteiger partial charge in [-0.1, -0.05) is 60.9 Å². The number of nitrogen functional groups attached to an aromatic ring is 1. The molecule has 0 aliphatic carbocycles. The molecule has 0 radical (unpaired) electrons. The predicted octanol–water partition coefficient (Wildman–Crippen LogP) is 4.65. The Morgan fingerprint density at radius 2 is 1.96 bits per heavy atom. The van der Waals surface area contributed by atoms with E-state index in [1.807, 2.05) is 24.3 Å². The molecule has 3 heteroatoms. The number of anilines is 1. The maximum absolute atomic E-state index is 13.0. The molecule has 0 bridgehead atoms. The summed E-state index contributed by atoms with van der Waals surface area (Å²) in [5, 5.41) is 0. The second-order valence-corrected chi connectivity index (χ2v) is 7.07. The highest BCUT2D eigenvalue weighted by molar-refractivity contribution is 5.77. The Kier molecular flexibility index (Phi) is 5.75. The van der Waals surface area contributed by atoms with Crippen LogP contribution in [0.2, 0.25) is 0 Å². The van der Waals surface area contributed by atoms with E-state index in [1.54, 1.807) is 0 Å². The molecule has 132 valence electrons. The van der Waals surface area contributed by atoms with Crippen LogP contribution in [-0.4, -0.2) is 17.4 Å². The van der Waals surface area contributed by atoms with Crippen molar-refractivity contribution in [3.8, 4) is 0 Å². The molecule has 2 N–H and O–H groups in total. The predicted molar refractivity (Wildman–Crippen MR) is 103 cm³/mol. The van der Waals surface area contributed by atoms with Gasteiger partial charge in [0.2, 0.25) is 5.91 Å². The topological polar surface area (TPSA) is 46.3 Å². The molecule has 0 saturated carbocycles. The summed E-state index contributed by atoms with van der Waals surface area (Å²) < 4.78 is 0. The van der Waals surface area contributed by atoms with E-state index in [4.69, 9.17) is 5.73 Å². The number of hydrogen-bond donors (Lipinski definition) is 1. The molecular formula is C22H28N2O. The van der Waals surface area contributed by atoms with Gasteiger partial charge in [-0.25, -0.2) is 0 Å². The summed E-state index contributed by atoms with van der Waals surface area (Å²) in [6.45, 7) is 2.98. The first kappa shape index (κ1) is 17.5. The van der Waals surface area contributed by atoms with E-state index in [1.165, 1.54) is 24.0 Å². The van der Waals surface area contributed by atoms with Gasteiger partial charge in [0.25, 0.3) is 0 Å².